The largest absolute Gasteiger partial charge is 0.416 e. The standard InChI is InChI=1S/C18H19F3N2O2S/c19-18(20,21)15-6-8-17(9-7-15)26(24,25)22-16-5-3-4-14(12-16)13-23-10-1-2-11-23/h3-9,12,22H,1-2,10-11,13H2. The Bertz CT molecular complexity index is 859. The first-order chi connectivity index (χ1) is 12.2. The summed E-state index contributed by atoms with van der Waals surface area (Å²) in [6.07, 6.45) is -2.17. The van der Waals surface area contributed by atoms with Crippen LogP contribution in [0.3, 0.4) is 0 Å². The van der Waals surface area contributed by atoms with Gasteiger partial charge >= 0.3 is 6.18 Å². The van der Waals surface area contributed by atoms with Crippen molar-refractivity contribution >= 4 is 15.7 Å². The van der Waals surface area contributed by atoms with E-state index >= 15 is 0 Å². The second-order valence-electron chi connectivity index (χ2n) is 6.31. The van der Waals surface area contributed by atoms with E-state index in [1.807, 2.05) is 6.07 Å². The van der Waals surface area contributed by atoms with Gasteiger partial charge in [-0.1, -0.05) is 12.1 Å². The number of sulfonamides is 1. The van der Waals surface area contributed by atoms with Crippen molar-refractivity contribution in [3.8, 4) is 0 Å². The summed E-state index contributed by atoms with van der Waals surface area (Å²) in [5.74, 6) is 0. The van der Waals surface area contributed by atoms with Gasteiger partial charge in [-0.3, -0.25) is 9.62 Å². The molecule has 26 heavy (non-hydrogen) atoms. The Balaban J connectivity index is 1.74. The molecule has 2 aromatic rings. The molecule has 0 aromatic heterocycles. The average molecular weight is 384 g/mol. The van der Waals surface area contributed by atoms with Crippen molar-refractivity contribution in [2.45, 2.75) is 30.5 Å². The monoisotopic (exact) mass is 384 g/mol. The van der Waals surface area contributed by atoms with Crippen LogP contribution in [0.15, 0.2) is 53.4 Å². The van der Waals surface area contributed by atoms with Crippen molar-refractivity contribution in [1.29, 1.82) is 0 Å². The molecule has 0 unspecified atom stereocenters. The van der Waals surface area contributed by atoms with Crippen LogP contribution in [-0.4, -0.2) is 26.4 Å². The molecule has 1 heterocycles. The van der Waals surface area contributed by atoms with Crippen LogP contribution in [0.5, 0.6) is 0 Å². The third kappa shape index (κ3) is 4.56. The normalized spacial score (nSPS) is 16.0. The molecule has 3 rings (SSSR count). The minimum atomic E-state index is -4.50. The van der Waals surface area contributed by atoms with Gasteiger partial charge in [0.1, 0.15) is 0 Å². The lowest BCUT2D eigenvalue weighted by Gasteiger charge is -2.15. The smallest absolute Gasteiger partial charge is 0.299 e. The number of rotatable bonds is 5. The quantitative estimate of drug-likeness (QED) is 0.844. The van der Waals surface area contributed by atoms with E-state index < -0.39 is 21.8 Å². The first-order valence-corrected chi connectivity index (χ1v) is 9.74. The van der Waals surface area contributed by atoms with Crippen LogP contribution in [0.4, 0.5) is 18.9 Å². The second-order valence-corrected chi connectivity index (χ2v) is 7.99. The van der Waals surface area contributed by atoms with E-state index in [0.717, 1.165) is 49.5 Å². The highest BCUT2D eigenvalue weighted by molar-refractivity contribution is 7.92. The van der Waals surface area contributed by atoms with Crippen molar-refractivity contribution in [2.75, 3.05) is 17.8 Å². The van der Waals surface area contributed by atoms with Crippen LogP contribution in [0.25, 0.3) is 0 Å². The number of hydrogen-bond acceptors (Lipinski definition) is 3. The Morgan fingerprint density at radius 3 is 2.27 bits per heavy atom. The zero-order valence-corrected chi connectivity index (χ0v) is 14.8. The SMILES string of the molecule is O=S(=O)(Nc1cccc(CN2CCCC2)c1)c1ccc(C(F)(F)F)cc1. The van der Waals surface area contributed by atoms with E-state index in [4.69, 9.17) is 0 Å². The number of halogens is 3. The maximum absolute atomic E-state index is 12.6. The van der Waals surface area contributed by atoms with E-state index in [-0.39, 0.29) is 4.90 Å². The Labute approximate surface area is 150 Å². The Morgan fingerprint density at radius 1 is 1.00 bits per heavy atom. The van der Waals surface area contributed by atoms with Gasteiger partial charge in [0.05, 0.1) is 10.5 Å². The third-order valence-corrected chi connectivity index (χ3v) is 5.67. The van der Waals surface area contributed by atoms with E-state index in [2.05, 4.69) is 9.62 Å². The summed E-state index contributed by atoms with van der Waals surface area (Å²) in [5.41, 5.74) is 0.491. The first kappa shape index (κ1) is 18.7. The Kier molecular flexibility index (Phi) is 5.24. The molecule has 1 fully saturated rings. The van der Waals surface area contributed by atoms with Gasteiger partial charge < -0.3 is 0 Å². The summed E-state index contributed by atoms with van der Waals surface area (Å²) in [4.78, 5) is 2.08. The number of nitrogens with one attached hydrogen (secondary N) is 1. The molecule has 1 aliphatic heterocycles. The molecule has 0 bridgehead atoms. The second kappa shape index (κ2) is 7.28. The van der Waals surface area contributed by atoms with Gasteiger partial charge in [-0.25, -0.2) is 8.42 Å². The van der Waals surface area contributed by atoms with Gasteiger partial charge in [0, 0.05) is 12.2 Å². The Morgan fingerprint density at radius 2 is 1.65 bits per heavy atom. The lowest BCUT2D eigenvalue weighted by Crippen LogP contribution is -2.18. The van der Waals surface area contributed by atoms with Crippen LogP contribution in [-0.2, 0) is 22.7 Å². The fourth-order valence-corrected chi connectivity index (χ4v) is 4.02. The van der Waals surface area contributed by atoms with Gasteiger partial charge in [-0.2, -0.15) is 13.2 Å². The molecule has 0 amide bonds. The highest BCUT2D eigenvalue weighted by Gasteiger charge is 2.30. The highest BCUT2D eigenvalue weighted by Crippen LogP contribution is 2.30. The summed E-state index contributed by atoms with van der Waals surface area (Å²) < 4.78 is 65.1. The maximum atomic E-state index is 12.6. The van der Waals surface area contributed by atoms with Crippen LogP contribution < -0.4 is 4.72 Å². The fourth-order valence-electron chi connectivity index (χ4n) is 2.97. The molecular formula is C18H19F3N2O2S. The molecule has 0 saturated carbocycles. The molecule has 1 N–H and O–H groups in total. The van der Waals surface area contributed by atoms with Crippen molar-refractivity contribution in [2.24, 2.45) is 0 Å². The lowest BCUT2D eigenvalue weighted by atomic mass is 10.2. The first-order valence-electron chi connectivity index (χ1n) is 8.25. The van der Waals surface area contributed by atoms with Gasteiger partial charge in [0.15, 0.2) is 0 Å². The summed E-state index contributed by atoms with van der Waals surface area (Å²) in [7, 11) is -3.95. The molecule has 0 radical (unpaired) electrons. The molecule has 0 atom stereocenters. The fraction of sp³-hybridized carbons (Fsp3) is 0.333. The zero-order valence-electron chi connectivity index (χ0n) is 14.0. The van der Waals surface area contributed by atoms with Crippen molar-refractivity contribution in [1.82, 2.24) is 4.90 Å². The molecule has 4 nitrogen and oxygen atoms in total. The topological polar surface area (TPSA) is 49.4 Å². The number of nitrogens with zero attached hydrogens (tertiary/aromatic N) is 1. The minimum Gasteiger partial charge on any atom is -0.299 e. The predicted octanol–water partition coefficient (Wildman–Crippen LogP) is 4.10. The van der Waals surface area contributed by atoms with Crippen molar-refractivity contribution in [3.63, 3.8) is 0 Å². The molecule has 140 valence electrons. The van der Waals surface area contributed by atoms with Gasteiger partial charge in [0.2, 0.25) is 0 Å². The number of anilines is 1. The average Bonchev–Trinajstić information content (AvgIpc) is 3.07. The van der Waals surface area contributed by atoms with Crippen molar-refractivity contribution < 1.29 is 21.6 Å². The predicted molar refractivity (Wildman–Crippen MR) is 93.2 cm³/mol. The molecule has 0 aliphatic carbocycles. The van der Waals surface area contributed by atoms with Gasteiger partial charge in [0.25, 0.3) is 10.0 Å². The van der Waals surface area contributed by atoms with E-state index in [0.29, 0.717) is 5.69 Å². The summed E-state index contributed by atoms with van der Waals surface area (Å²) in [6.45, 7) is 2.80. The van der Waals surface area contributed by atoms with Crippen LogP contribution in [0.1, 0.15) is 24.0 Å². The molecular weight excluding hydrogens is 365 g/mol. The number of alkyl halides is 3. The minimum absolute atomic E-state index is 0.213. The molecule has 1 saturated heterocycles. The summed E-state index contributed by atoms with van der Waals surface area (Å²) in [5, 5.41) is 0. The number of hydrogen-bond donors (Lipinski definition) is 1. The molecule has 2 aromatic carbocycles. The summed E-state index contributed by atoms with van der Waals surface area (Å²) >= 11 is 0. The third-order valence-electron chi connectivity index (χ3n) is 4.28. The molecule has 8 heteroatoms. The van der Waals surface area contributed by atoms with E-state index in [1.54, 1.807) is 18.2 Å². The maximum Gasteiger partial charge on any atom is 0.416 e. The Hall–Kier alpha value is -2.06. The van der Waals surface area contributed by atoms with Crippen LogP contribution in [0.2, 0.25) is 0 Å². The number of benzene rings is 2. The van der Waals surface area contributed by atoms with Crippen LogP contribution in [0, 0.1) is 0 Å². The van der Waals surface area contributed by atoms with E-state index in [9.17, 15) is 21.6 Å². The van der Waals surface area contributed by atoms with Crippen molar-refractivity contribution in [3.05, 3.63) is 59.7 Å². The molecule has 0 spiro atoms. The molecule has 1 aliphatic rings. The summed E-state index contributed by atoms with van der Waals surface area (Å²) in [6, 6.07) is 10.5. The zero-order chi connectivity index (χ0) is 18.8. The van der Waals surface area contributed by atoms with Crippen LogP contribution >= 0.6 is 0 Å². The van der Waals surface area contributed by atoms with Gasteiger partial charge in [-0.15, -0.1) is 0 Å². The number of likely N-dealkylation sites (tertiary alicyclic amines) is 1. The lowest BCUT2D eigenvalue weighted by molar-refractivity contribution is -0.137. The van der Waals surface area contributed by atoms with Gasteiger partial charge in [-0.05, 0) is 67.9 Å². The van der Waals surface area contributed by atoms with E-state index in [1.165, 1.54) is 12.8 Å². The highest BCUT2D eigenvalue weighted by atomic mass is 32.2.